The largest absolute Gasteiger partial charge is 0.466 e. The Morgan fingerprint density at radius 2 is 1.12 bits per heavy atom. The van der Waals surface area contributed by atoms with Crippen molar-refractivity contribution in [1.82, 2.24) is 0 Å². The van der Waals surface area contributed by atoms with E-state index in [0.29, 0.717) is 12.2 Å². The van der Waals surface area contributed by atoms with Crippen LogP contribution in [-0.2, 0) is 38.2 Å². The minimum atomic E-state index is -3.39. The highest BCUT2D eigenvalue weighted by Gasteiger charge is 2.77. The topological polar surface area (TPSA) is 161 Å². The first-order valence-corrected chi connectivity index (χ1v) is 7.29. The second-order valence-electron chi connectivity index (χ2n) is 6.02. The zero-order chi connectivity index (χ0) is 19.6. The van der Waals surface area contributed by atoms with Crippen LogP contribution in [0.5, 0.6) is 0 Å². The maximum absolute atomic E-state index is 12.8. The summed E-state index contributed by atoms with van der Waals surface area (Å²) in [6.45, 7) is 0. The number of hydrogen-bond donors (Lipinski definition) is 2. The number of carbonyl (C=O) groups is 6. The van der Waals surface area contributed by atoms with Crippen LogP contribution in [0.4, 0.5) is 0 Å². The van der Waals surface area contributed by atoms with Gasteiger partial charge in [-0.15, -0.1) is 0 Å². The number of aliphatic hydroxyl groups is 2. The summed E-state index contributed by atoms with van der Waals surface area (Å²) in [7, 11) is 1.92. The Labute approximate surface area is 145 Å². The van der Waals surface area contributed by atoms with Gasteiger partial charge in [0.05, 0.1) is 37.2 Å². The highest BCUT2D eigenvalue weighted by molar-refractivity contribution is 6.38. The van der Waals surface area contributed by atoms with Gasteiger partial charge in [-0.1, -0.05) is 0 Å². The first kappa shape index (κ1) is 17.8. The van der Waals surface area contributed by atoms with E-state index in [9.17, 15) is 39.0 Å². The molecule has 0 unspecified atom stereocenters. The highest BCUT2D eigenvalue weighted by atomic mass is 16.5. The Kier molecular flexibility index (Phi) is 3.61. The van der Waals surface area contributed by atoms with E-state index >= 15 is 0 Å². The molecule has 3 aliphatic rings. The Balaban J connectivity index is 2.38. The fraction of sp³-hybridized carbons (Fsp3) is 0.375. The van der Waals surface area contributed by atoms with Crippen LogP contribution < -0.4 is 0 Å². The number of fused-ring (bicyclic) bond motifs is 6. The van der Waals surface area contributed by atoms with Gasteiger partial charge >= 0.3 is 11.9 Å². The Hall–Kier alpha value is -2.98. The van der Waals surface area contributed by atoms with Crippen molar-refractivity contribution in [3.63, 3.8) is 0 Å². The minimum Gasteiger partial charge on any atom is -0.466 e. The SMILES string of the molecule is COC(=O)C1=CC(=O)[C@]2(O)C(=O)[C@H]1[C@H]1C(=O)[C@]2(O)C(=O)C=C1C(=O)OC. The van der Waals surface area contributed by atoms with Gasteiger partial charge in [0.1, 0.15) is 0 Å². The molecule has 0 amide bonds. The summed E-state index contributed by atoms with van der Waals surface area (Å²) in [6, 6.07) is 0. The molecule has 1 fully saturated rings. The predicted octanol–water partition coefficient (Wildman–Crippen LogP) is -2.80. The molecular formula is C16H12O10. The molecule has 0 heterocycles. The molecule has 0 radical (unpaired) electrons. The number of methoxy groups -OCH3 is 2. The van der Waals surface area contributed by atoms with Gasteiger partial charge in [-0.05, 0) is 12.2 Å². The zero-order valence-corrected chi connectivity index (χ0v) is 13.5. The monoisotopic (exact) mass is 364 g/mol. The van der Waals surface area contributed by atoms with Crippen molar-refractivity contribution >= 4 is 35.1 Å². The first-order valence-electron chi connectivity index (χ1n) is 7.29. The van der Waals surface area contributed by atoms with E-state index in [1.54, 1.807) is 0 Å². The number of carbonyl (C=O) groups excluding carboxylic acids is 6. The normalized spacial score (nSPS) is 35.5. The standard InChI is InChI=1S/C16H12O10/c1-25-13(21)5-3-7(17)15(23)11(19)9(5)10-6(14(22)26-2)4-8(18)16(15,24)12(10)20/h3-4,9-10,23-24H,1-2H3/t9-,10+,15+,16-. The molecule has 4 atom stereocenters. The van der Waals surface area contributed by atoms with E-state index in [1.807, 2.05) is 0 Å². The number of ether oxygens (including phenoxy) is 2. The molecule has 0 aliphatic heterocycles. The van der Waals surface area contributed by atoms with Crippen LogP contribution in [0.1, 0.15) is 0 Å². The summed E-state index contributed by atoms with van der Waals surface area (Å²) in [5.41, 5.74) is -7.93. The van der Waals surface area contributed by atoms with Crippen LogP contribution in [0.2, 0.25) is 0 Å². The molecule has 136 valence electrons. The maximum Gasteiger partial charge on any atom is 0.334 e. The van der Waals surface area contributed by atoms with Crippen molar-refractivity contribution in [2.24, 2.45) is 11.8 Å². The summed E-state index contributed by atoms with van der Waals surface area (Å²) in [6.07, 6.45) is 1.08. The van der Waals surface area contributed by atoms with Gasteiger partial charge in [-0.3, -0.25) is 19.2 Å². The quantitative estimate of drug-likeness (QED) is 0.386. The van der Waals surface area contributed by atoms with Crippen molar-refractivity contribution < 1.29 is 48.5 Å². The number of hydrogen-bond acceptors (Lipinski definition) is 10. The Morgan fingerprint density at radius 3 is 1.38 bits per heavy atom. The summed E-state index contributed by atoms with van der Waals surface area (Å²) < 4.78 is 8.96. The zero-order valence-electron chi connectivity index (χ0n) is 13.5. The van der Waals surface area contributed by atoms with Crippen LogP contribution in [0.3, 0.4) is 0 Å². The molecule has 0 saturated heterocycles. The molecule has 2 N–H and O–H groups in total. The summed E-state index contributed by atoms with van der Waals surface area (Å²) in [4.78, 5) is 74.1. The molecule has 10 heteroatoms. The van der Waals surface area contributed by atoms with Gasteiger partial charge in [-0.2, -0.15) is 0 Å². The van der Waals surface area contributed by atoms with E-state index in [1.165, 1.54) is 0 Å². The smallest absolute Gasteiger partial charge is 0.334 e. The van der Waals surface area contributed by atoms with E-state index in [-0.39, 0.29) is 0 Å². The average Bonchev–Trinajstić information content (AvgIpc) is 2.62. The Morgan fingerprint density at radius 1 is 0.808 bits per heavy atom. The predicted molar refractivity (Wildman–Crippen MR) is 77.1 cm³/mol. The minimum absolute atomic E-state index is 0.538. The van der Waals surface area contributed by atoms with Crippen molar-refractivity contribution in [3.8, 4) is 0 Å². The van der Waals surface area contributed by atoms with E-state index in [2.05, 4.69) is 9.47 Å². The second-order valence-corrected chi connectivity index (χ2v) is 6.02. The van der Waals surface area contributed by atoms with E-state index < -0.39 is 69.3 Å². The fourth-order valence-electron chi connectivity index (χ4n) is 3.63. The van der Waals surface area contributed by atoms with Crippen LogP contribution in [0.15, 0.2) is 23.3 Å². The van der Waals surface area contributed by atoms with Gasteiger partial charge in [0.15, 0.2) is 23.1 Å². The van der Waals surface area contributed by atoms with Crippen molar-refractivity contribution in [1.29, 1.82) is 0 Å². The molecule has 0 aromatic carbocycles. The van der Waals surface area contributed by atoms with Crippen LogP contribution in [0, 0.1) is 11.8 Å². The molecule has 4 bridgehead atoms. The summed E-state index contributed by atoms with van der Waals surface area (Å²) in [5.74, 6) is -11.8. The van der Waals surface area contributed by atoms with E-state index in [4.69, 9.17) is 0 Å². The number of Topliss-reactive ketones (excluding diaryl/α,β-unsaturated/α-hetero) is 2. The number of rotatable bonds is 2. The molecule has 1 saturated carbocycles. The van der Waals surface area contributed by atoms with Gasteiger partial charge in [0.25, 0.3) is 0 Å². The summed E-state index contributed by atoms with van der Waals surface area (Å²) >= 11 is 0. The lowest BCUT2D eigenvalue weighted by Crippen LogP contribution is -2.79. The number of esters is 2. The van der Waals surface area contributed by atoms with Crippen LogP contribution in [0.25, 0.3) is 0 Å². The molecule has 10 nitrogen and oxygen atoms in total. The molecule has 3 rings (SSSR count). The third-order valence-electron chi connectivity index (χ3n) is 4.93. The average molecular weight is 364 g/mol. The Bertz CT molecular complexity index is 805. The van der Waals surface area contributed by atoms with Gasteiger partial charge in [0, 0.05) is 0 Å². The highest BCUT2D eigenvalue weighted by Crippen LogP contribution is 2.50. The first-order chi connectivity index (χ1) is 12.1. The number of ketones is 4. The third-order valence-corrected chi connectivity index (χ3v) is 4.93. The summed E-state index contributed by atoms with van der Waals surface area (Å²) in [5, 5.41) is 21.1. The lowest BCUT2D eigenvalue weighted by Gasteiger charge is -2.50. The molecule has 3 aliphatic carbocycles. The van der Waals surface area contributed by atoms with Gasteiger partial charge in [-0.25, -0.2) is 9.59 Å². The lowest BCUT2D eigenvalue weighted by molar-refractivity contribution is -0.200. The molecule has 0 spiro atoms. The lowest BCUT2D eigenvalue weighted by atomic mass is 9.51. The van der Waals surface area contributed by atoms with Gasteiger partial charge < -0.3 is 19.7 Å². The van der Waals surface area contributed by atoms with Crippen LogP contribution >= 0.6 is 0 Å². The third kappa shape index (κ3) is 1.72. The molecule has 26 heavy (non-hydrogen) atoms. The van der Waals surface area contributed by atoms with Crippen molar-refractivity contribution in [3.05, 3.63) is 23.3 Å². The molecular weight excluding hydrogens is 352 g/mol. The second kappa shape index (κ2) is 5.26. The van der Waals surface area contributed by atoms with Crippen molar-refractivity contribution in [2.45, 2.75) is 11.2 Å². The fourth-order valence-corrected chi connectivity index (χ4v) is 3.63. The van der Waals surface area contributed by atoms with Crippen LogP contribution in [-0.4, -0.2) is 70.7 Å². The van der Waals surface area contributed by atoms with E-state index in [0.717, 1.165) is 14.2 Å². The van der Waals surface area contributed by atoms with Gasteiger partial charge in [0.2, 0.25) is 11.2 Å². The van der Waals surface area contributed by atoms with Crippen molar-refractivity contribution in [2.75, 3.05) is 14.2 Å². The molecule has 0 aromatic heterocycles. The maximum atomic E-state index is 12.8. The molecule has 0 aromatic rings.